The van der Waals surface area contributed by atoms with E-state index in [2.05, 4.69) is 55.4 Å². The normalized spacial score (nSPS) is 14.5. The van der Waals surface area contributed by atoms with E-state index in [0.29, 0.717) is 10.8 Å². The van der Waals surface area contributed by atoms with Crippen LogP contribution in [-0.4, -0.2) is 0 Å². The SMILES string of the molecule is C1CCCC1.CC.CC(C)(C)C.CC(C)(C)C. The summed E-state index contributed by atoms with van der Waals surface area (Å²) in [6, 6.07) is 0. The van der Waals surface area contributed by atoms with Gasteiger partial charge in [-0.1, -0.05) is 101 Å². The molecule has 0 radical (unpaired) electrons. The van der Waals surface area contributed by atoms with Gasteiger partial charge in [-0.25, -0.2) is 0 Å². The van der Waals surface area contributed by atoms with E-state index in [-0.39, 0.29) is 0 Å². The molecule has 0 N–H and O–H groups in total. The fourth-order valence-corrected chi connectivity index (χ4v) is 0.884. The third-order valence-electron chi connectivity index (χ3n) is 1.25. The zero-order valence-corrected chi connectivity index (χ0v) is 14.5. The molecule has 0 nitrogen and oxygen atoms in total. The maximum absolute atomic E-state index is 2.19. The van der Waals surface area contributed by atoms with E-state index in [1.165, 1.54) is 32.1 Å². The molecule has 0 saturated heterocycles. The minimum Gasteiger partial charge on any atom is -0.0683 e. The minimum atomic E-state index is 0.500. The predicted molar refractivity (Wildman–Crippen MR) is 84.7 cm³/mol. The topological polar surface area (TPSA) is 0 Å². The van der Waals surface area contributed by atoms with Gasteiger partial charge in [-0.15, -0.1) is 0 Å². The molecule has 1 aliphatic carbocycles. The van der Waals surface area contributed by atoms with Crippen molar-refractivity contribution in [3.05, 3.63) is 0 Å². The molecule has 0 atom stereocenters. The summed E-state index contributed by atoms with van der Waals surface area (Å²) in [7, 11) is 0. The molecule has 1 saturated carbocycles. The first-order chi connectivity index (χ1) is 7.50. The van der Waals surface area contributed by atoms with Gasteiger partial charge >= 0.3 is 0 Å². The summed E-state index contributed by atoms with van der Waals surface area (Å²) in [5.41, 5.74) is 1.00. The number of hydrogen-bond acceptors (Lipinski definition) is 0. The van der Waals surface area contributed by atoms with Gasteiger partial charge in [-0.3, -0.25) is 0 Å². The van der Waals surface area contributed by atoms with E-state index in [1.807, 2.05) is 13.8 Å². The first-order valence-electron chi connectivity index (χ1n) is 7.50. The highest BCUT2D eigenvalue weighted by molar-refractivity contribution is 4.51. The van der Waals surface area contributed by atoms with Crippen molar-refractivity contribution in [3.8, 4) is 0 Å². The molecule has 1 aliphatic rings. The predicted octanol–water partition coefficient (Wildman–Crippen LogP) is 7.08. The Hall–Kier alpha value is 0. The van der Waals surface area contributed by atoms with Crippen LogP contribution in [0.15, 0.2) is 0 Å². The van der Waals surface area contributed by atoms with Crippen molar-refractivity contribution in [3.63, 3.8) is 0 Å². The van der Waals surface area contributed by atoms with Crippen LogP contribution in [0.5, 0.6) is 0 Å². The van der Waals surface area contributed by atoms with Gasteiger partial charge < -0.3 is 0 Å². The first kappa shape index (κ1) is 22.2. The van der Waals surface area contributed by atoms with Gasteiger partial charge in [0.25, 0.3) is 0 Å². The molecule has 0 aromatic rings. The molecule has 1 fully saturated rings. The van der Waals surface area contributed by atoms with Crippen LogP contribution in [0.3, 0.4) is 0 Å². The summed E-state index contributed by atoms with van der Waals surface area (Å²) in [6.07, 6.45) is 7.50. The van der Waals surface area contributed by atoms with Gasteiger partial charge in [0.05, 0.1) is 0 Å². The molecule has 0 aromatic heterocycles. The number of hydrogen-bond donors (Lipinski definition) is 0. The first-order valence-corrected chi connectivity index (χ1v) is 7.50. The lowest BCUT2D eigenvalue weighted by molar-refractivity contribution is 0.469. The van der Waals surface area contributed by atoms with E-state index in [4.69, 9.17) is 0 Å². The quantitative estimate of drug-likeness (QED) is 0.427. The van der Waals surface area contributed by atoms with Crippen LogP contribution in [0.25, 0.3) is 0 Å². The Morgan fingerprint density at radius 2 is 0.471 bits per heavy atom. The van der Waals surface area contributed by atoms with Gasteiger partial charge in [0, 0.05) is 0 Å². The van der Waals surface area contributed by atoms with Crippen LogP contribution in [-0.2, 0) is 0 Å². The van der Waals surface area contributed by atoms with Crippen molar-refractivity contribution in [1.29, 1.82) is 0 Å². The summed E-state index contributed by atoms with van der Waals surface area (Å²) < 4.78 is 0. The van der Waals surface area contributed by atoms with Crippen molar-refractivity contribution in [1.82, 2.24) is 0 Å². The van der Waals surface area contributed by atoms with Gasteiger partial charge in [0.1, 0.15) is 0 Å². The molecule has 0 heterocycles. The summed E-state index contributed by atoms with van der Waals surface area (Å²) in [6.45, 7) is 21.5. The van der Waals surface area contributed by atoms with E-state index in [9.17, 15) is 0 Å². The van der Waals surface area contributed by atoms with Gasteiger partial charge in [0.15, 0.2) is 0 Å². The van der Waals surface area contributed by atoms with E-state index in [0.717, 1.165) is 0 Å². The Bertz CT molecular complexity index is 84.3. The van der Waals surface area contributed by atoms with Crippen LogP contribution in [0, 0.1) is 10.8 Å². The van der Waals surface area contributed by atoms with Gasteiger partial charge in [-0.2, -0.15) is 0 Å². The average molecular weight is 245 g/mol. The van der Waals surface area contributed by atoms with E-state index < -0.39 is 0 Å². The summed E-state index contributed by atoms with van der Waals surface area (Å²) in [5, 5.41) is 0. The monoisotopic (exact) mass is 244 g/mol. The lowest BCUT2D eigenvalue weighted by Crippen LogP contribution is -1.93. The van der Waals surface area contributed by atoms with Crippen LogP contribution >= 0.6 is 0 Å². The zero-order valence-electron chi connectivity index (χ0n) is 14.5. The minimum absolute atomic E-state index is 0.500. The lowest BCUT2D eigenvalue weighted by Gasteiger charge is -2.05. The van der Waals surface area contributed by atoms with E-state index >= 15 is 0 Å². The Kier molecular flexibility index (Phi) is 16.3. The summed E-state index contributed by atoms with van der Waals surface area (Å²) in [5.74, 6) is 0. The lowest BCUT2D eigenvalue weighted by atomic mass is 10.0. The Balaban J connectivity index is -0.000000161. The highest BCUT2D eigenvalue weighted by atomic mass is 14.0. The Morgan fingerprint density at radius 3 is 0.529 bits per heavy atom. The van der Waals surface area contributed by atoms with Crippen molar-refractivity contribution < 1.29 is 0 Å². The summed E-state index contributed by atoms with van der Waals surface area (Å²) in [4.78, 5) is 0. The number of rotatable bonds is 0. The van der Waals surface area contributed by atoms with Crippen molar-refractivity contribution in [2.45, 2.75) is 101 Å². The molecular weight excluding hydrogens is 204 g/mol. The molecule has 17 heavy (non-hydrogen) atoms. The molecule has 0 aliphatic heterocycles. The molecular formula is C17H40. The van der Waals surface area contributed by atoms with Gasteiger partial charge in [-0.05, 0) is 10.8 Å². The second-order valence-corrected chi connectivity index (χ2v) is 7.77. The largest absolute Gasteiger partial charge is 0.0683 e. The summed E-state index contributed by atoms with van der Waals surface area (Å²) >= 11 is 0. The molecule has 0 heteroatoms. The van der Waals surface area contributed by atoms with Crippen LogP contribution in [0.2, 0.25) is 0 Å². The van der Waals surface area contributed by atoms with Gasteiger partial charge in [0.2, 0.25) is 0 Å². The van der Waals surface area contributed by atoms with Crippen LogP contribution in [0.1, 0.15) is 101 Å². The second kappa shape index (κ2) is 12.5. The Morgan fingerprint density at radius 1 is 0.412 bits per heavy atom. The molecule has 1 rings (SSSR count). The van der Waals surface area contributed by atoms with Crippen molar-refractivity contribution >= 4 is 0 Å². The third kappa shape index (κ3) is 125. The molecule has 0 aromatic carbocycles. The molecule has 0 spiro atoms. The zero-order chi connectivity index (χ0) is 14.5. The van der Waals surface area contributed by atoms with Crippen LogP contribution in [0.4, 0.5) is 0 Å². The fraction of sp³-hybridized carbons (Fsp3) is 1.00. The average Bonchev–Trinajstić information content (AvgIpc) is 2.56. The Labute approximate surface area is 113 Å². The molecule has 0 amide bonds. The molecule has 108 valence electrons. The molecule has 0 bridgehead atoms. The second-order valence-electron chi connectivity index (χ2n) is 7.77. The maximum Gasteiger partial charge on any atom is -0.0411 e. The third-order valence-corrected chi connectivity index (χ3v) is 1.25. The van der Waals surface area contributed by atoms with Crippen molar-refractivity contribution in [2.24, 2.45) is 10.8 Å². The molecule has 0 unspecified atom stereocenters. The standard InChI is InChI=1S/C5H10.2C5H12.C2H6/c1-2-4-5-3-1;2*1-5(2,3)4;1-2/h1-5H2;2*1-4H3;1-2H3. The van der Waals surface area contributed by atoms with E-state index in [1.54, 1.807) is 0 Å². The van der Waals surface area contributed by atoms with Crippen LogP contribution < -0.4 is 0 Å². The fourth-order valence-electron chi connectivity index (χ4n) is 0.884. The van der Waals surface area contributed by atoms with Crippen molar-refractivity contribution in [2.75, 3.05) is 0 Å². The maximum atomic E-state index is 2.19. The highest BCUT2D eigenvalue weighted by Gasteiger charge is 1.96. The smallest absolute Gasteiger partial charge is 0.0411 e. The highest BCUT2D eigenvalue weighted by Crippen LogP contribution is 2.15.